The van der Waals surface area contributed by atoms with Crippen molar-refractivity contribution in [1.82, 2.24) is 15.1 Å². The van der Waals surface area contributed by atoms with Crippen molar-refractivity contribution in [3.63, 3.8) is 0 Å². The van der Waals surface area contributed by atoms with E-state index >= 15 is 0 Å². The normalized spacial score (nSPS) is 15.8. The Labute approximate surface area is 232 Å². The molecule has 0 fully saturated rings. The zero-order valence-electron chi connectivity index (χ0n) is 22.0. The number of halogens is 5. The molecule has 4 rings (SSSR count). The van der Waals surface area contributed by atoms with Gasteiger partial charge in [0.05, 0.1) is 12.2 Å². The maximum Gasteiger partial charge on any atom is 0.416 e. The van der Waals surface area contributed by atoms with E-state index in [2.05, 4.69) is 5.32 Å². The largest absolute Gasteiger partial charge is 0.416 e. The number of alkyl halides is 3. The molecule has 3 N–H and O–H groups in total. The van der Waals surface area contributed by atoms with E-state index in [-0.39, 0.29) is 18.2 Å². The quantitative estimate of drug-likeness (QED) is 0.286. The van der Waals surface area contributed by atoms with Crippen LogP contribution in [0.4, 0.5) is 17.6 Å². The Morgan fingerprint density at radius 1 is 0.974 bits per heavy atom. The molecule has 0 unspecified atom stereocenters. The van der Waals surface area contributed by atoms with Gasteiger partial charge in [-0.05, 0) is 48.7 Å². The molecule has 0 saturated heterocycles. The molecule has 0 bridgehead atoms. The summed E-state index contributed by atoms with van der Waals surface area (Å²) in [6, 6.07) is 20.2. The van der Waals surface area contributed by atoms with Crippen molar-refractivity contribution in [2.24, 2.45) is 5.73 Å². The Bertz CT molecular complexity index is 1290. The van der Waals surface area contributed by atoms with Crippen molar-refractivity contribution >= 4 is 17.2 Å². The highest BCUT2D eigenvalue weighted by Gasteiger charge is 2.35. The van der Waals surface area contributed by atoms with Crippen LogP contribution in [0, 0.1) is 5.82 Å². The van der Waals surface area contributed by atoms with Crippen LogP contribution in [-0.2, 0) is 12.7 Å². The Morgan fingerprint density at radius 3 is 2.33 bits per heavy atom. The number of hydrogen-bond donors (Lipinski definition) is 2. The predicted molar refractivity (Wildman–Crippen MR) is 148 cm³/mol. The third kappa shape index (κ3) is 7.82. The minimum atomic E-state index is -4.66. The van der Waals surface area contributed by atoms with Crippen LogP contribution < -0.4 is 11.1 Å². The summed E-state index contributed by atoms with van der Waals surface area (Å²) in [6.45, 7) is 5.34. The van der Waals surface area contributed by atoms with Crippen molar-refractivity contribution in [3.8, 4) is 0 Å². The summed E-state index contributed by atoms with van der Waals surface area (Å²) in [5, 5.41) is 4.08. The average Bonchev–Trinajstić information content (AvgIpc) is 2.87. The Kier molecular flexibility index (Phi) is 9.01. The van der Waals surface area contributed by atoms with E-state index in [1.165, 1.54) is 0 Å². The maximum absolute atomic E-state index is 14.8. The van der Waals surface area contributed by atoms with Gasteiger partial charge in [0.2, 0.25) is 0 Å². The third-order valence-electron chi connectivity index (χ3n) is 6.56. The molecule has 0 spiro atoms. The maximum atomic E-state index is 14.8. The van der Waals surface area contributed by atoms with Crippen molar-refractivity contribution in [2.45, 2.75) is 38.1 Å². The molecule has 1 aliphatic rings. The van der Waals surface area contributed by atoms with Crippen LogP contribution in [0.1, 0.15) is 42.1 Å². The summed E-state index contributed by atoms with van der Waals surface area (Å²) in [5.41, 5.74) is 7.14. The van der Waals surface area contributed by atoms with Crippen LogP contribution in [0.5, 0.6) is 0 Å². The van der Waals surface area contributed by atoms with Crippen molar-refractivity contribution < 1.29 is 17.6 Å². The van der Waals surface area contributed by atoms with Crippen LogP contribution in [0.15, 0.2) is 79.0 Å². The Balaban J connectivity index is 1.67. The highest BCUT2D eigenvalue weighted by Crippen LogP contribution is 2.35. The summed E-state index contributed by atoms with van der Waals surface area (Å²) >= 11 is 6.51. The van der Waals surface area contributed by atoms with Crippen LogP contribution in [0.25, 0.3) is 5.57 Å². The van der Waals surface area contributed by atoms with E-state index < -0.39 is 23.1 Å². The second kappa shape index (κ2) is 12.1. The first-order valence-corrected chi connectivity index (χ1v) is 13.1. The number of rotatable bonds is 9. The lowest BCUT2D eigenvalue weighted by Gasteiger charge is -2.38. The molecule has 1 atom stereocenters. The van der Waals surface area contributed by atoms with Gasteiger partial charge in [-0.1, -0.05) is 66.2 Å². The number of hydrogen-bond acceptors (Lipinski definition) is 4. The van der Waals surface area contributed by atoms with E-state index in [0.29, 0.717) is 31.3 Å². The van der Waals surface area contributed by atoms with Gasteiger partial charge in [0.1, 0.15) is 5.82 Å². The lowest BCUT2D eigenvalue weighted by molar-refractivity contribution is -0.138. The Morgan fingerprint density at radius 2 is 1.67 bits per heavy atom. The van der Waals surface area contributed by atoms with Crippen LogP contribution in [0.2, 0.25) is 5.02 Å². The molecule has 0 saturated carbocycles. The molecule has 39 heavy (non-hydrogen) atoms. The molecule has 3 aromatic carbocycles. The van der Waals surface area contributed by atoms with Crippen molar-refractivity contribution in [1.29, 1.82) is 0 Å². The topological polar surface area (TPSA) is 44.5 Å². The van der Waals surface area contributed by atoms with E-state index in [0.717, 1.165) is 34.9 Å². The monoisotopic (exact) mass is 560 g/mol. The van der Waals surface area contributed by atoms with Gasteiger partial charge in [0, 0.05) is 54.5 Å². The second-order valence-corrected chi connectivity index (χ2v) is 11.0. The first kappa shape index (κ1) is 29.1. The summed E-state index contributed by atoms with van der Waals surface area (Å²) < 4.78 is 56.0. The zero-order chi connectivity index (χ0) is 28.2. The summed E-state index contributed by atoms with van der Waals surface area (Å²) in [4.78, 5) is 3.84. The van der Waals surface area contributed by atoms with Gasteiger partial charge in [-0.15, -0.1) is 0 Å². The SMILES string of the molecule is CC(C)(N)CN[C@@H](CN1C=C(c2ccccc2Cl)CN(Cc2c(F)cccc2C(F)(F)F)C1)c1ccccc1. The van der Waals surface area contributed by atoms with Gasteiger partial charge in [0.15, 0.2) is 0 Å². The fourth-order valence-corrected chi connectivity index (χ4v) is 5.00. The summed E-state index contributed by atoms with van der Waals surface area (Å²) in [5.74, 6) is -0.876. The van der Waals surface area contributed by atoms with Gasteiger partial charge in [-0.25, -0.2) is 4.39 Å². The molecule has 4 nitrogen and oxygen atoms in total. The molecule has 3 aromatic rings. The minimum absolute atomic E-state index is 0.114. The molecular formula is C30H33ClF4N4. The van der Waals surface area contributed by atoms with Crippen molar-refractivity contribution in [3.05, 3.63) is 112 Å². The highest BCUT2D eigenvalue weighted by atomic mass is 35.5. The smallest absolute Gasteiger partial charge is 0.362 e. The van der Waals surface area contributed by atoms with Crippen LogP contribution in [-0.4, -0.2) is 41.6 Å². The number of nitrogens with two attached hydrogens (primary N) is 1. The molecule has 1 aliphatic heterocycles. The number of nitrogens with zero attached hydrogens (tertiary/aromatic N) is 2. The lowest BCUT2D eigenvalue weighted by atomic mass is 10.0. The van der Waals surface area contributed by atoms with Gasteiger partial charge in [0.25, 0.3) is 0 Å². The molecular weight excluding hydrogens is 528 g/mol. The second-order valence-electron chi connectivity index (χ2n) is 10.6. The standard InChI is InChI=1S/C30H33ClF4N4/c1-29(2,36)19-37-28(21-9-4-3-5-10-21)18-39-16-22(23-11-6-7-13-26(23)31)15-38(20-39)17-24-25(30(33,34)35)12-8-14-27(24)32/h3-14,16,28,37H,15,17-20,36H2,1-2H3/t28-/m0/s1. The molecule has 0 aliphatic carbocycles. The Hall–Kier alpha value is -2.91. The lowest BCUT2D eigenvalue weighted by Crippen LogP contribution is -2.48. The van der Waals surface area contributed by atoms with Gasteiger partial charge in [-0.3, -0.25) is 4.90 Å². The fraction of sp³-hybridized carbons (Fsp3) is 0.333. The molecule has 208 valence electrons. The van der Waals surface area contributed by atoms with E-state index in [1.54, 1.807) is 11.0 Å². The fourth-order valence-electron chi connectivity index (χ4n) is 4.74. The van der Waals surface area contributed by atoms with Gasteiger partial charge < -0.3 is 16.0 Å². The first-order chi connectivity index (χ1) is 18.4. The highest BCUT2D eigenvalue weighted by molar-refractivity contribution is 6.32. The number of nitrogens with one attached hydrogen (secondary N) is 1. The molecule has 0 amide bonds. The zero-order valence-corrected chi connectivity index (χ0v) is 22.7. The van der Waals surface area contributed by atoms with Crippen LogP contribution in [0.3, 0.4) is 0 Å². The molecule has 9 heteroatoms. The molecule has 1 heterocycles. The van der Waals surface area contributed by atoms with Crippen LogP contribution >= 0.6 is 11.6 Å². The van der Waals surface area contributed by atoms with E-state index in [4.69, 9.17) is 17.3 Å². The summed E-state index contributed by atoms with van der Waals surface area (Å²) in [6.07, 6.45) is -2.67. The number of benzene rings is 3. The molecule has 0 radical (unpaired) electrons. The predicted octanol–water partition coefficient (Wildman–Crippen LogP) is 6.68. The first-order valence-electron chi connectivity index (χ1n) is 12.7. The van der Waals surface area contributed by atoms with Gasteiger partial charge in [-0.2, -0.15) is 13.2 Å². The molecule has 0 aromatic heterocycles. The van der Waals surface area contributed by atoms with Gasteiger partial charge >= 0.3 is 6.18 Å². The van der Waals surface area contributed by atoms with Crippen molar-refractivity contribution in [2.75, 3.05) is 26.3 Å². The minimum Gasteiger partial charge on any atom is -0.362 e. The van der Waals surface area contributed by atoms with E-state index in [1.807, 2.05) is 73.5 Å². The van der Waals surface area contributed by atoms with E-state index in [9.17, 15) is 17.6 Å². The third-order valence-corrected chi connectivity index (χ3v) is 6.89. The summed E-state index contributed by atoms with van der Waals surface area (Å²) in [7, 11) is 0. The average molecular weight is 561 g/mol.